The van der Waals surface area contributed by atoms with Gasteiger partial charge in [0.25, 0.3) is 5.91 Å². The van der Waals surface area contributed by atoms with Crippen LogP contribution < -0.4 is 14.8 Å². The highest BCUT2D eigenvalue weighted by Gasteiger charge is 2.19. The van der Waals surface area contributed by atoms with Crippen LogP contribution in [0.4, 0.5) is 4.39 Å². The molecule has 0 aliphatic rings. The van der Waals surface area contributed by atoms with Gasteiger partial charge in [0.1, 0.15) is 5.56 Å². The molecule has 0 aliphatic heterocycles. The summed E-state index contributed by atoms with van der Waals surface area (Å²) in [6.45, 7) is 3.78. The van der Waals surface area contributed by atoms with Crippen LogP contribution in [0.1, 0.15) is 29.8 Å². The van der Waals surface area contributed by atoms with Crippen molar-refractivity contribution in [2.75, 3.05) is 7.11 Å². The van der Waals surface area contributed by atoms with Crippen LogP contribution in [0.2, 0.25) is 5.02 Å². The summed E-state index contributed by atoms with van der Waals surface area (Å²) in [5.41, 5.74) is 0.745. The number of methoxy groups -OCH3 is 1. The molecule has 2 aromatic rings. The fourth-order valence-electron chi connectivity index (χ4n) is 2.03. The van der Waals surface area contributed by atoms with E-state index in [2.05, 4.69) is 10.3 Å². The first-order chi connectivity index (χ1) is 11.4. The van der Waals surface area contributed by atoms with Crippen LogP contribution in [0.15, 0.2) is 30.5 Å². The van der Waals surface area contributed by atoms with Gasteiger partial charge in [0, 0.05) is 12.7 Å². The van der Waals surface area contributed by atoms with Crippen molar-refractivity contribution in [3.63, 3.8) is 0 Å². The maximum absolute atomic E-state index is 13.7. The third-order valence-electron chi connectivity index (χ3n) is 3.11. The maximum Gasteiger partial charge on any atom is 0.258 e. The van der Waals surface area contributed by atoms with Gasteiger partial charge in [-0.15, -0.1) is 0 Å². The Balaban J connectivity index is 2.14. The molecule has 2 rings (SSSR count). The molecule has 1 heterocycles. The lowest BCUT2D eigenvalue weighted by Gasteiger charge is -2.14. The lowest BCUT2D eigenvalue weighted by atomic mass is 10.2. The Hall–Kier alpha value is -2.34. The Morgan fingerprint density at radius 3 is 2.75 bits per heavy atom. The second-order valence-electron chi connectivity index (χ2n) is 5.29. The van der Waals surface area contributed by atoms with Crippen LogP contribution in [0.3, 0.4) is 0 Å². The predicted octanol–water partition coefficient (Wildman–Crippen LogP) is 3.60. The van der Waals surface area contributed by atoms with Gasteiger partial charge in [0.05, 0.1) is 18.2 Å². The second kappa shape index (κ2) is 7.97. The molecule has 0 spiro atoms. The van der Waals surface area contributed by atoms with Crippen molar-refractivity contribution in [2.24, 2.45) is 0 Å². The Bertz CT molecular complexity index is 738. The molecule has 0 saturated heterocycles. The summed E-state index contributed by atoms with van der Waals surface area (Å²) in [6.07, 6.45) is 1.31. The summed E-state index contributed by atoms with van der Waals surface area (Å²) in [4.78, 5) is 16.5. The number of carbonyl (C=O) groups is 1. The number of nitrogens with zero attached hydrogens (tertiary/aromatic N) is 1. The van der Waals surface area contributed by atoms with Crippen molar-refractivity contribution in [2.45, 2.75) is 26.5 Å². The average Bonchev–Trinajstić information content (AvgIpc) is 2.52. The highest BCUT2D eigenvalue weighted by Crippen LogP contribution is 2.25. The fourth-order valence-corrected chi connectivity index (χ4v) is 2.25. The summed E-state index contributed by atoms with van der Waals surface area (Å²) in [5, 5.41) is 2.92. The molecule has 1 aromatic carbocycles. The van der Waals surface area contributed by atoms with Gasteiger partial charge < -0.3 is 14.8 Å². The molecular formula is C17H18ClFN2O3. The molecular weight excluding hydrogens is 335 g/mol. The highest BCUT2D eigenvalue weighted by atomic mass is 35.5. The smallest absolute Gasteiger partial charge is 0.258 e. The van der Waals surface area contributed by atoms with Crippen molar-refractivity contribution < 1.29 is 18.7 Å². The molecule has 128 valence electrons. The molecule has 0 fully saturated rings. The molecule has 1 N–H and O–H groups in total. The monoisotopic (exact) mass is 352 g/mol. The molecule has 0 bridgehead atoms. The van der Waals surface area contributed by atoms with Gasteiger partial charge in [-0.05, 0) is 37.6 Å². The molecule has 1 aromatic heterocycles. The Morgan fingerprint density at radius 1 is 1.38 bits per heavy atom. The van der Waals surface area contributed by atoms with Gasteiger partial charge in [-0.2, -0.15) is 0 Å². The Morgan fingerprint density at radius 2 is 2.12 bits per heavy atom. The number of benzene rings is 1. The summed E-state index contributed by atoms with van der Waals surface area (Å²) >= 11 is 6.10. The number of rotatable bonds is 6. The molecule has 24 heavy (non-hydrogen) atoms. The molecule has 0 unspecified atom stereocenters. The molecule has 7 heteroatoms. The largest absolute Gasteiger partial charge is 0.494 e. The number of hydrogen-bond donors (Lipinski definition) is 1. The minimum atomic E-state index is -0.493. The number of pyridine rings is 1. The van der Waals surface area contributed by atoms with E-state index < -0.39 is 11.7 Å². The minimum absolute atomic E-state index is 0.131. The van der Waals surface area contributed by atoms with E-state index in [0.29, 0.717) is 5.56 Å². The van der Waals surface area contributed by atoms with Crippen molar-refractivity contribution in [1.29, 1.82) is 0 Å². The summed E-state index contributed by atoms with van der Waals surface area (Å²) in [5.74, 6) is -0.628. The van der Waals surface area contributed by atoms with Gasteiger partial charge in [-0.3, -0.25) is 4.79 Å². The maximum atomic E-state index is 13.7. The lowest BCUT2D eigenvalue weighted by molar-refractivity contribution is 0.0944. The number of aromatic nitrogens is 1. The van der Waals surface area contributed by atoms with Crippen LogP contribution in [0.5, 0.6) is 11.6 Å². The van der Waals surface area contributed by atoms with Gasteiger partial charge in [-0.25, -0.2) is 9.37 Å². The minimum Gasteiger partial charge on any atom is -0.494 e. The zero-order valence-corrected chi connectivity index (χ0v) is 14.4. The molecule has 0 atom stereocenters. The predicted molar refractivity (Wildman–Crippen MR) is 89.1 cm³/mol. The summed E-state index contributed by atoms with van der Waals surface area (Å²) in [6, 6.07) is 5.98. The van der Waals surface area contributed by atoms with E-state index >= 15 is 0 Å². The number of ether oxygens (including phenoxy) is 2. The van der Waals surface area contributed by atoms with Gasteiger partial charge in [0.15, 0.2) is 11.6 Å². The van der Waals surface area contributed by atoms with Gasteiger partial charge in [-0.1, -0.05) is 17.7 Å². The first kappa shape index (κ1) is 18.0. The van der Waals surface area contributed by atoms with E-state index in [9.17, 15) is 9.18 Å². The quantitative estimate of drug-likeness (QED) is 0.863. The van der Waals surface area contributed by atoms with Crippen molar-refractivity contribution in [1.82, 2.24) is 10.3 Å². The summed E-state index contributed by atoms with van der Waals surface area (Å²) < 4.78 is 24.1. The number of halogens is 2. The van der Waals surface area contributed by atoms with E-state index in [1.807, 2.05) is 13.8 Å². The van der Waals surface area contributed by atoms with E-state index in [1.54, 1.807) is 6.07 Å². The lowest BCUT2D eigenvalue weighted by Crippen LogP contribution is -2.25. The first-order valence-electron chi connectivity index (χ1n) is 7.34. The highest BCUT2D eigenvalue weighted by molar-refractivity contribution is 6.34. The Labute approximate surface area is 144 Å². The number of hydrogen-bond acceptors (Lipinski definition) is 4. The van der Waals surface area contributed by atoms with E-state index in [0.717, 1.165) is 0 Å². The van der Waals surface area contributed by atoms with E-state index in [4.69, 9.17) is 21.1 Å². The normalized spacial score (nSPS) is 10.6. The summed E-state index contributed by atoms with van der Waals surface area (Å²) in [7, 11) is 1.39. The third kappa shape index (κ3) is 4.35. The zero-order chi connectivity index (χ0) is 17.7. The van der Waals surface area contributed by atoms with E-state index in [-0.39, 0.29) is 34.9 Å². The third-order valence-corrected chi connectivity index (χ3v) is 3.42. The zero-order valence-electron chi connectivity index (χ0n) is 13.6. The number of carbonyl (C=O) groups excluding carboxylic acids is 1. The van der Waals surface area contributed by atoms with Gasteiger partial charge >= 0.3 is 0 Å². The van der Waals surface area contributed by atoms with Crippen LogP contribution in [0, 0.1) is 5.82 Å². The standard InChI is InChI=1S/C17H18ClFN2O3/c1-10(2)24-17-15(12(18)6-7-20-17)16(22)21-9-11-4-5-14(23-3)13(19)8-11/h4-8,10H,9H2,1-3H3,(H,21,22). The molecule has 0 saturated carbocycles. The molecule has 0 aliphatic carbocycles. The average molecular weight is 353 g/mol. The van der Waals surface area contributed by atoms with Crippen molar-refractivity contribution in [3.8, 4) is 11.6 Å². The number of nitrogens with one attached hydrogen (secondary N) is 1. The second-order valence-corrected chi connectivity index (χ2v) is 5.70. The first-order valence-corrected chi connectivity index (χ1v) is 7.72. The van der Waals surface area contributed by atoms with E-state index in [1.165, 1.54) is 31.5 Å². The Kier molecular flexibility index (Phi) is 5.98. The topological polar surface area (TPSA) is 60.5 Å². The van der Waals surface area contributed by atoms with Crippen LogP contribution in [0.25, 0.3) is 0 Å². The van der Waals surface area contributed by atoms with Crippen molar-refractivity contribution in [3.05, 3.63) is 52.4 Å². The SMILES string of the molecule is COc1ccc(CNC(=O)c2c(Cl)ccnc2OC(C)C)cc1F. The molecule has 5 nitrogen and oxygen atoms in total. The van der Waals surface area contributed by atoms with Crippen LogP contribution >= 0.6 is 11.6 Å². The molecule has 1 amide bonds. The van der Waals surface area contributed by atoms with Crippen LogP contribution in [-0.2, 0) is 6.54 Å². The fraction of sp³-hybridized carbons (Fsp3) is 0.294. The molecule has 0 radical (unpaired) electrons. The van der Waals surface area contributed by atoms with Crippen LogP contribution in [-0.4, -0.2) is 24.1 Å². The number of amides is 1. The van der Waals surface area contributed by atoms with Crippen molar-refractivity contribution >= 4 is 17.5 Å². The van der Waals surface area contributed by atoms with Gasteiger partial charge in [0.2, 0.25) is 5.88 Å².